The number of aromatic hydroxyl groups is 1. The summed E-state index contributed by atoms with van der Waals surface area (Å²) < 4.78 is 4.98. The van der Waals surface area contributed by atoms with Crippen LogP contribution < -0.4 is 5.32 Å². The fourth-order valence-electron chi connectivity index (χ4n) is 1.77. The van der Waals surface area contributed by atoms with Gasteiger partial charge in [-0.3, -0.25) is 4.79 Å². The summed E-state index contributed by atoms with van der Waals surface area (Å²) in [5.74, 6) is -1.79. The molecule has 0 bridgehead atoms. The molecule has 1 unspecified atom stereocenters. The highest BCUT2D eigenvalue weighted by Gasteiger charge is 2.45. The Kier molecular flexibility index (Phi) is 2.72. The van der Waals surface area contributed by atoms with E-state index in [4.69, 9.17) is 4.74 Å². The van der Waals surface area contributed by atoms with E-state index in [2.05, 4.69) is 5.32 Å². The highest BCUT2D eigenvalue weighted by atomic mass is 16.5. The molecule has 6 nitrogen and oxygen atoms in total. The quantitative estimate of drug-likeness (QED) is 0.663. The van der Waals surface area contributed by atoms with Gasteiger partial charge in [0.25, 0.3) is 0 Å². The fraction of sp³-hybridized carbons (Fsp3) is 0.273. The standard InChI is InChI=1S/C11H11NO5/c13-8-3-1-2-7(4-8)11(10(15)16)6-17-5-9(14)12-11/h1-4,13H,5-6H2,(H,12,14)(H,15,16). The van der Waals surface area contributed by atoms with Gasteiger partial charge in [-0.2, -0.15) is 0 Å². The number of benzene rings is 1. The van der Waals surface area contributed by atoms with Crippen molar-refractivity contribution in [3.63, 3.8) is 0 Å². The molecule has 1 aromatic carbocycles. The van der Waals surface area contributed by atoms with Crippen LogP contribution in [-0.2, 0) is 19.9 Å². The number of carbonyl (C=O) groups is 2. The molecule has 6 heteroatoms. The Bertz CT molecular complexity index is 473. The smallest absolute Gasteiger partial charge is 0.336 e. The number of hydrogen-bond donors (Lipinski definition) is 3. The van der Waals surface area contributed by atoms with Crippen molar-refractivity contribution in [3.8, 4) is 5.75 Å². The zero-order valence-electron chi connectivity index (χ0n) is 8.84. The van der Waals surface area contributed by atoms with Crippen molar-refractivity contribution in [2.24, 2.45) is 0 Å². The maximum Gasteiger partial charge on any atom is 0.336 e. The molecule has 3 N–H and O–H groups in total. The summed E-state index contributed by atoms with van der Waals surface area (Å²) in [4.78, 5) is 22.6. The van der Waals surface area contributed by atoms with E-state index in [-0.39, 0.29) is 24.5 Å². The van der Waals surface area contributed by atoms with E-state index in [9.17, 15) is 19.8 Å². The van der Waals surface area contributed by atoms with Gasteiger partial charge in [0, 0.05) is 0 Å². The van der Waals surface area contributed by atoms with Crippen molar-refractivity contribution in [1.29, 1.82) is 0 Å². The summed E-state index contributed by atoms with van der Waals surface area (Å²) in [6, 6.07) is 5.74. The summed E-state index contributed by atoms with van der Waals surface area (Å²) in [5.41, 5.74) is -1.35. The SMILES string of the molecule is O=C1COCC(C(=O)O)(c2cccc(O)c2)N1. The van der Waals surface area contributed by atoms with E-state index < -0.39 is 17.4 Å². The molecule has 0 spiro atoms. The summed E-state index contributed by atoms with van der Waals surface area (Å²) >= 11 is 0. The summed E-state index contributed by atoms with van der Waals surface area (Å²) in [6.45, 7) is -0.328. The lowest BCUT2D eigenvalue weighted by Crippen LogP contribution is -2.59. The number of amides is 1. The first-order valence-electron chi connectivity index (χ1n) is 4.96. The normalized spacial score (nSPS) is 24.1. The summed E-state index contributed by atoms with van der Waals surface area (Å²) in [5, 5.41) is 21.0. The molecule has 1 amide bonds. The van der Waals surface area contributed by atoms with Crippen LogP contribution in [0, 0.1) is 0 Å². The second kappa shape index (κ2) is 4.06. The van der Waals surface area contributed by atoms with Gasteiger partial charge in [0.1, 0.15) is 12.4 Å². The highest BCUT2D eigenvalue weighted by molar-refractivity contribution is 5.90. The third-order valence-electron chi connectivity index (χ3n) is 2.61. The number of carboxylic acid groups (broad SMARTS) is 1. The average molecular weight is 237 g/mol. The van der Waals surface area contributed by atoms with Crippen molar-refractivity contribution < 1.29 is 24.5 Å². The number of phenols is 1. The van der Waals surface area contributed by atoms with E-state index in [0.717, 1.165) is 0 Å². The molecule has 0 radical (unpaired) electrons. The summed E-state index contributed by atoms with van der Waals surface area (Å²) in [6.07, 6.45) is 0. The second-order valence-electron chi connectivity index (χ2n) is 3.80. The van der Waals surface area contributed by atoms with Crippen LogP contribution >= 0.6 is 0 Å². The Morgan fingerprint density at radius 1 is 1.47 bits per heavy atom. The monoisotopic (exact) mass is 237 g/mol. The van der Waals surface area contributed by atoms with Crippen molar-refractivity contribution in [2.75, 3.05) is 13.2 Å². The van der Waals surface area contributed by atoms with Crippen LogP contribution in [0.3, 0.4) is 0 Å². The molecule has 2 rings (SSSR count). The molecule has 1 fully saturated rings. The van der Waals surface area contributed by atoms with Crippen molar-refractivity contribution >= 4 is 11.9 Å². The minimum Gasteiger partial charge on any atom is -0.508 e. The molecule has 17 heavy (non-hydrogen) atoms. The molecule has 1 heterocycles. The minimum atomic E-state index is -1.63. The van der Waals surface area contributed by atoms with Gasteiger partial charge >= 0.3 is 5.97 Å². The molecule has 1 aliphatic heterocycles. The van der Waals surface area contributed by atoms with E-state index in [1.54, 1.807) is 0 Å². The van der Waals surface area contributed by atoms with Gasteiger partial charge in [0.2, 0.25) is 5.91 Å². The van der Waals surface area contributed by atoms with Crippen LogP contribution in [0.1, 0.15) is 5.56 Å². The number of morpholine rings is 1. The number of rotatable bonds is 2. The van der Waals surface area contributed by atoms with E-state index in [1.165, 1.54) is 24.3 Å². The molecule has 1 atom stereocenters. The zero-order chi connectivity index (χ0) is 12.5. The van der Waals surface area contributed by atoms with E-state index in [0.29, 0.717) is 0 Å². The van der Waals surface area contributed by atoms with Crippen LogP contribution in [-0.4, -0.2) is 35.3 Å². The first-order chi connectivity index (χ1) is 8.04. The molecule has 90 valence electrons. The predicted molar refractivity (Wildman–Crippen MR) is 56.4 cm³/mol. The van der Waals surface area contributed by atoms with Crippen LogP contribution in [0.2, 0.25) is 0 Å². The number of carboxylic acids is 1. The Morgan fingerprint density at radius 3 is 2.82 bits per heavy atom. The summed E-state index contributed by atoms with van der Waals surface area (Å²) in [7, 11) is 0. The van der Waals surface area contributed by atoms with Gasteiger partial charge < -0.3 is 20.3 Å². The number of nitrogens with one attached hydrogen (secondary N) is 1. The number of carbonyl (C=O) groups excluding carboxylic acids is 1. The van der Waals surface area contributed by atoms with E-state index in [1.807, 2.05) is 0 Å². The van der Waals surface area contributed by atoms with Crippen molar-refractivity contribution in [1.82, 2.24) is 5.32 Å². The Balaban J connectivity index is 2.47. The van der Waals surface area contributed by atoms with Gasteiger partial charge in [-0.25, -0.2) is 4.79 Å². The Labute approximate surface area is 96.8 Å². The number of hydrogen-bond acceptors (Lipinski definition) is 4. The van der Waals surface area contributed by atoms with Gasteiger partial charge in [-0.15, -0.1) is 0 Å². The lowest BCUT2D eigenvalue weighted by molar-refractivity contribution is -0.158. The molecular formula is C11H11NO5. The first-order valence-corrected chi connectivity index (χ1v) is 4.96. The Morgan fingerprint density at radius 2 is 2.24 bits per heavy atom. The maximum absolute atomic E-state index is 11.4. The van der Waals surface area contributed by atoms with E-state index >= 15 is 0 Å². The zero-order valence-corrected chi connectivity index (χ0v) is 8.84. The largest absolute Gasteiger partial charge is 0.508 e. The third-order valence-corrected chi connectivity index (χ3v) is 2.61. The topological polar surface area (TPSA) is 95.9 Å². The average Bonchev–Trinajstić information content (AvgIpc) is 2.28. The minimum absolute atomic E-state index is 0.0667. The molecule has 0 aromatic heterocycles. The third kappa shape index (κ3) is 1.94. The number of aliphatic carboxylic acids is 1. The predicted octanol–water partition coefficient (Wildman–Crippen LogP) is -0.182. The fourth-order valence-corrected chi connectivity index (χ4v) is 1.77. The number of phenolic OH excluding ortho intramolecular Hbond substituents is 1. The van der Waals surface area contributed by atoms with Crippen molar-refractivity contribution in [2.45, 2.75) is 5.54 Å². The van der Waals surface area contributed by atoms with Crippen LogP contribution in [0.5, 0.6) is 5.75 Å². The molecular weight excluding hydrogens is 226 g/mol. The lowest BCUT2D eigenvalue weighted by Gasteiger charge is -2.34. The van der Waals surface area contributed by atoms with Crippen LogP contribution in [0.25, 0.3) is 0 Å². The maximum atomic E-state index is 11.4. The highest BCUT2D eigenvalue weighted by Crippen LogP contribution is 2.27. The van der Waals surface area contributed by atoms with Crippen LogP contribution in [0.4, 0.5) is 0 Å². The van der Waals surface area contributed by atoms with Gasteiger partial charge in [-0.1, -0.05) is 12.1 Å². The lowest BCUT2D eigenvalue weighted by atomic mass is 9.89. The molecule has 1 aliphatic rings. The Hall–Kier alpha value is -2.08. The van der Waals surface area contributed by atoms with Gasteiger partial charge in [0.05, 0.1) is 6.61 Å². The first kappa shape index (κ1) is 11.4. The molecule has 0 saturated carbocycles. The molecule has 0 aliphatic carbocycles. The second-order valence-corrected chi connectivity index (χ2v) is 3.80. The van der Waals surface area contributed by atoms with Crippen LogP contribution in [0.15, 0.2) is 24.3 Å². The van der Waals surface area contributed by atoms with Gasteiger partial charge in [-0.05, 0) is 17.7 Å². The number of ether oxygens (including phenoxy) is 1. The van der Waals surface area contributed by atoms with Gasteiger partial charge in [0.15, 0.2) is 5.54 Å². The molecule has 1 saturated heterocycles. The molecule has 1 aromatic rings. The van der Waals surface area contributed by atoms with Crippen molar-refractivity contribution in [3.05, 3.63) is 29.8 Å².